The number of nitrogens with two attached hydrogens (primary N) is 2. The third kappa shape index (κ3) is 3.92. The Kier molecular flexibility index (Phi) is 4.71. The SMILES string of the molecule is NC(=O)CCCCNC(=O)c1cc(N)nc2ccccc12. The van der Waals surface area contributed by atoms with Crippen LogP contribution < -0.4 is 16.8 Å². The predicted octanol–water partition coefficient (Wildman–Crippen LogP) is 1.20. The standard InChI is InChI=1S/C15H18N4O2/c16-13-9-11(10-5-1-2-6-12(10)19-13)15(21)18-8-4-3-7-14(17)20/h1-2,5-6,9H,3-4,7-8H2,(H2,16,19)(H2,17,20)(H,18,21). The average molecular weight is 286 g/mol. The van der Waals surface area contributed by atoms with Crippen molar-refractivity contribution in [3.8, 4) is 0 Å². The molecule has 2 rings (SSSR count). The lowest BCUT2D eigenvalue weighted by Gasteiger charge is -2.08. The van der Waals surface area contributed by atoms with E-state index in [9.17, 15) is 9.59 Å². The van der Waals surface area contributed by atoms with Crippen LogP contribution in [0.5, 0.6) is 0 Å². The van der Waals surface area contributed by atoms with Crippen LogP contribution >= 0.6 is 0 Å². The molecule has 0 bridgehead atoms. The number of pyridine rings is 1. The minimum atomic E-state index is -0.325. The summed E-state index contributed by atoms with van der Waals surface area (Å²) in [7, 11) is 0. The van der Waals surface area contributed by atoms with Gasteiger partial charge in [-0.2, -0.15) is 0 Å². The van der Waals surface area contributed by atoms with Crippen molar-refractivity contribution < 1.29 is 9.59 Å². The highest BCUT2D eigenvalue weighted by molar-refractivity contribution is 6.06. The summed E-state index contributed by atoms with van der Waals surface area (Å²) in [6.45, 7) is 0.489. The predicted molar refractivity (Wildman–Crippen MR) is 81.5 cm³/mol. The second-order valence-corrected chi connectivity index (χ2v) is 4.79. The number of amides is 2. The summed E-state index contributed by atoms with van der Waals surface area (Å²) in [4.78, 5) is 27.0. The molecule has 0 unspecified atom stereocenters. The zero-order chi connectivity index (χ0) is 15.2. The van der Waals surface area contributed by atoms with E-state index in [1.807, 2.05) is 24.3 Å². The Balaban J connectivity index is 2.04. The fourth-order valence-corrected chi connectivity index (χ4v) is 2.11. The van der Waals surface area contributed by atoms with Crippen LogP contribution in [0, 0.1) is 0 Å². The molecule has 0 fully saturated rings. The zero-order valence-electron chi connectivity index (χ0n) is 11.6. The second-order valence-electron chi connectivity index (χ2n) is 4.79. The Hall–Kier alpha value is -2.63. The molecule has 6 nitrogen and oxygen atoms in total. The minimum Gasteiger partial charge on any atom is -0.384 e. The maximum atomic E-state index is 12.2. The molecule has 5 N–H and O–H groups in total. The van der Waals surface area contributed by atoms with Crippen molar-refractivity contribution in [1.82, 2.24) is 10.3 Å². The highest BCUT2D eigenvalue weighted by Crippen LogP contribution is 2.19. The number of fused-ring (bicyclic) bond motifs is 1. The van der Waals surface area contributed by atoms with Crippen molar-refractivity contribution in [3.05, 3.63) is 35.9 Å². The molecule has 0 radical (unpaired) electrons. The smallest absolute Gasteiger partial charge is 0.252 e. The molecule has 2 aromatic rings. The number of primary amides is 1. The van der Waals surface area contributed by atoms with Crippen LogP contribution in [0.3, 0.4) is 0 Å². The van der Waals surface area contributed by atoms with E-state index in [-0.39, 0.29) is 11.8 Å². The fraction of sp³-hybridized carbons (Fsp3) is 0.267. The normalized spacial score (nSPS) is 10.5. The van der Waals surface area contributed by atoms with Crippen LogP contribution in [0.25, 0.3) is 10.9 Å². The largest absolute Gasteiger partial charge is 0.384 e. The van der Waals surface area contributed by atoms with E-state index in [0.29, 0.717) is 42.7 Å². The molecule has 0 aliphatic heterocycles. The number of nitrogen functional groups attached to an aromatic ring is 1. The van der Waals surface area contributed by atoms with Crippen LogP contribution in [0.4, 0.5) is 5.82 Å². The number of para-hydroxylation sites is 1. The number of nitrogens with one attached hydrogen (secondary N) is 1. The van der Waals surface area contributed by atoms with Crippen LogP contribution in [-0.2, 0) is 4.79 Å². The summed E-state index contributed by atoms with van der Waals surface area (Å²) < 4.78 is 0. The highest BCUT2D eigenvalue weighted by atomic mass is 16.2. The number of hydrogen-bond acceptors (Lipinski definition) is 4. The van der Waals surface area contributed by atoms with Crippen molar-refractivity contribution in [2.24, 2.45) is 5.73 Å². The Morgan fingerprint density at radius 3 is 2.71 bits per heavy atom. The molecule has 0 aliphatic rings. The van der Waals surface area contributed by atoms with Gasteiger partial charge in [0, 0.05) is 18.4 Å². The summed E-state index contributed by atoms with van der Waals surface area (Å²) in [5, 5.41) is 3.58. The van der Waals surface area contributed by atoms with Gasteiger partial charge in [0.2, 0.25) is 5.91 Å². The molecule has 2 amide bonds. The summed E-state index contributed by atoms with van der Waals surface area (Å²) in [5.41, 5.74) is 12.0. The Morgan fingerprint density at radius 2 is 1.95 bits per heavy atom. The van der Waals surface area contributed by atoms with Gasteiger partial charge in [0.05, 0.1) is 11.1 Å². The van der Waals surface area contributed by atoms with E-state index in [1.165, 1.54) is 0 Å². The Labute approximate surface area is 122 Å². The lowest BCUT2D eigenvalue weighted by atomic mass is 10.1. The van der Waals surface area contributed by atoms with E-state index in [0.717, 1.165) is 5.39 Å². The summed E-state index contributed by atoms with van der Waals surface area (Å²) in [6.07, 6.45) is 1.70. The zero-order valence-corrected chi connectivity index (χ0v) is 11.6. The number of nitrogens with zero attached hydrogens (tertiary/aromatic N) is 1. The number of anilines is 1. The van der Waals surface area contributed by atoms with Crippen molar-refractivity contribution in [1.29, 1.82) is 0 Å². The maximum absolute atomic E-state index is 12.2. The topological polar surface area (TPSA) is 111 Å². The lowest BCUT2D eigenvalue weighted by Crippen LogP contribution is -2.25. The van der Waals surface area contributed by atoms with Crippen molar-refractivity contribution in [3.63, 3.8) is 0 Å². The summed E-state index contributed by atoms with van der Waals surface area (Å²) >= 11 is 0. The molecule has 0 saturated carbocycles. The molecule has 0 spiro atoms. The van der Waals surface area contributed by atoms with Gasteiger partial charge in [0.25, 0.3) is 5.91 Å². The summed E-state index contributed by atoms with van der Waals surface area (Å²) in [5.74, 6) is -0.207. The number of hydrogen-bond donors (Lipinski definition) is 3. The van der Waals surface area contributed by atoms with Gasteiger partial charge in [0.1, 0.15) is 5.82 Å². The molecular formula is C15H18N4O2. The molecule has 0 atom stereocenters. The molecule has 0 aliphatic carbocycles. The first-order valence-electron chi connectivity index (χ1n) is 6.79. The van der Waals surface area contributed by atoms with Crippen molar-refractivity contribution in [2.75, 3.05) is 12.3 Å². The van der Waals surface area contributed by atoms with E-state index in [1.54, 1.807) is 6.07 Å². The maximum Gasteiger partial charge on any atom is 0.252 e. The number of rotatable bonds is 6. The van der Waals surface area contributed by atoms with Gasteiger partial charge in [-0.3, -0.25) is 9.59 Å². The van der Waals surface area contributed by atoms with E-state index in [4.69, 9.17) is 11.5 Å². The molecule has 1 heterocycles. The molecule has 110 valence electrons. The van der Waals surface area contributed by atoms with Crippen LogP contribution in [0.1, 0.15) is 29.6 Å². The van der Waals surface area contributed by atoms with Crippen molar-refractivity contribution >= 4 is 28.5 Å². The molecule has 0 saturated heterocycles. The van der Waals surface area contributed by atoms with E-state index >= 15 is 0 Å². The van der Waals surface area contributed by atoms with Crippen LogP contribution in [0.15, 0.2) is 30.3 Å². The number of aromatic nitrogens is 1. The van der Waals surface area contributed by atoms with Crippen LogP contribution in [-0.4, -0.2) is 23.3 Å². The molecule has 21 heavy (non-hydrogen) atoms. The van der Waals surface area contributed by atoms with Gasteiger partial charge < -0.3 is 16.8 Å². The van der Waals surface area contributed by atoms with Gasteiger partial charge in [0.15, 0.2) is 0 Å². The molecular weight excluding hydrogens is 268 g/mol. The van der Waals surface area contributed by atoms with Gasteiger partial charge in [-0.05, 0) is 25.0 Å². The third-order valence-electron chi connectivity index (χ3n) is 3.12. The number of carbonyl (C=O) groups excluding carboxylic acids is 2. The van der Waals surface area contributed by atoms with Gasteiger partial charge in [-0.1, -0.05) is 18.2 Å². The lowest BCUT2D eigenvalue weighted by molar-refractivity contribution is -0.118. The molecule has 1 aromatic heterocycles. The van der Waals surface area contributed by atoms with Gasteiger partial charge >= 0.3 is 0 Å². The highest BCUT2D eigenvalue weighted by Gasteiger charge is 2.11. The quantitative estimate of drug-likeness (QED) is 0.693. The Bertz CT molecular complexity index is 670. The summed E-state index contributed by atoms with van der Waals surface area (Å²) in [6, 6.07) is 8.92. The average Bonchev–Trinajstić information content (AvgIpc) is 2.45. The van der Waals surface area contributed by atoms with Crippen LogP contribution in [0.2, 0.25) is 0 Å². The van der Waals surface area contributed by atoms with E-state index in [2.05, 4.69) is 10.3 Å². The van der Waals surface area contributed by atoms with Gasteiger partial charge in [-0.15, -0.1) is 0 Å². The number of carbonyl (C=O) groups is 2. The first kappa shape index (κ1) is 14.8. The Morgan fingerprint density at radius 1 is 1.19 bits per heavy atom. The fourth-order valence-electron chi connectivity index (χ4n) is 2.11. The number of unbranched alkanes of at least 4 members (excludes halogenated alkanes) is 1. The molecule has 6 heteroatoms. The minimum absolute atomic E-state index is 0.195. The van der Waals surface area contributed by atoms with Gasteiger partial charge in [-0.25, -0.2) is 4.98 Å². The first-order chi connectivity index (χ1) is 10.1. The van der Waals surface area contributed by atoms with Crippen molar-refractivity contribution in [2.45, 2.75) is 19.3 Å². The first-order valence-corrected chi connectivity index (χ1v) is 6.79. The number of benzene rings is 1. The molecule has 1 aromatic carbocycles. The second kappa shape index (κ2) is 6.69. The monoisotopic (exact) mass is 286 g/mol. The third-order valence-corrected chi connectivity index (χ3v) is 3.12. The van der Waals surface area contributed by atoms with E-state index < -0.39 is 0 Å².